The van der Waals surface area contributed by atoms with E-state index in [1.165, 1.54) is 0 Å². The van der Waals surface area contributed by atoms with Crippen LogP contribution in [0.25, 0.3) is 0 Å². The first-order valence-corrected chi connectivity index (χ1v) is 35.3. The minimum Gasteiger partial charge on any atom is -0.433 e. The molecular weight excluding hydrogens is 565 g/mol. The van der Waals surface area contributed by atoms with Crippen molar-refractivity contribution in [2.24, 2.45) is 0 Å². The summed E-state index contributed by atoms with van der Waals surface area (Å²) in [5, 5.41) is 0. The van der Waals surface area contributed by atoms with E-state index in [1.54, 1.807) is 0 Å². The highest BCUT2D eigenvalue weighted by Gasteiger charge is 2.58. The predicted molar refractivity (Wildman–Crippen MR) is 164 cm³/mol. The van der Waals surface area contributed by atoms with E-state index in [0.717, 1.165) is 0 Å². The summed E-state index contributed by atoms with van der Waals surface area (Å²) in [6, 6.07) is 0. The van der Waals surface area contributed by atoms with Gasteiger partial charge in [0.1, 0.15) is 0 Å². The van der Waals surface area contributed by atoms with Crippen molar-refractivity contribution in [1.82, 2.24) is 0 Å². The Labute approximate surface area is 219 Å². The zero-order valence-electron chi connectivity index (χ0n) is 25.1. The summed E-state index contributed by atoms with van der Waals surface area (Å²) in [6.07, 6.45) is 0. The normalized spacial score (nSPS) is 15.6. The Balaban J connectivity index is 6.06. The van der Waals surface area contributed by atoms with Crippen LogP contribution < -0.4 is 0 Å². The van der Waals surface area contributed by atoms with E-state index in [4.69, 9.17) is 28.8 Å². The lowest BCUT2D eigenvalue weighted by Crippen LogP contribution is -2.67. The van der Waals surface area contributed by atoms with Gasteiger partial charge in [0.05, 0.1) is 0 Å². The Kier molecular flexibility index (Phi) is 11.9. The Morgan fingerprint density at radius 3 is 0.912 bits per heavy atom. The smallest absolute Gasteiger partial charge is 0.433 e. The largest absolute Gasteiger partial charge is 0.638 e. The van der Waals surface area contributed by atoms with Crippen molar-refractivity contribution in [3.8, 4) is 0 Å². The van der Waals surface area contributed by atoms with Gasteiger partial charge in [0.25, 0.3) is 0 Å². The highest BCUT2D eigenvalue weighted by atomic mass is 28.6. The van der Waals surface area contributed by atoms with Gasteiger partial charge in [0.15, 0.2) is 33.3 Å². The van der Waals surface area contributed by atoms with Crippen molar-refractivity contribution in [3.63, 3.8) is 0 Å². The standard InChI is InChI=1S/C19H54O7Si8/c1-19-30(11,12)23-31(13,14)24-32(15,16)25-33(17,18)26-34(20-27(2,3)4,21-28(5,6)7)22-29(8,9)10/h19H,1H2,2-18H3. The SMILES string of the molecule is C=C[Si](C)(C)O[Si](C)(C)O[Si](C)(C)O[Si](C)(C)O[Si](O[Si](C)(C)C)(O[Si](C)(C)C)O[Si](C)(C)C. The van der Waals surface area contributed by atoms with E-state index < -0.39 is 68.0 Å². The molecule has 0 saturated heterocycles. The van der Waals surface area contributed by atoms with E-state index in [9.17, 15) is 0 Å². The molecule has 0 spiro atoms. The monoisotopic (exact) mass is 618 g/mol. The Morgan fingerprint density at radius 1 is 0.382 bits per heavy atom. The van der Waals surface area contributed by atoms with Gasteiger partial charge in [0.2, 0.25) is 0 Å². The van der Waals surface area contributed by atoms with Gasteiger partial charge in [-0.3, -0.25) is 0 Å². The third-order valence-corrected chi connectivity index (χ3v) is 29.9. The third-order valence-electron chi connectivity index (χ3n) is 3.65. The van der Waals surface area contributed by atoms with Crippen LogP contribution >= 0.6 is 0 Å². The number of hydrogen-bond acceptors (Lipinski definition) is 7. The van der Waals surface area contributed by atoms with Crippen molar-refractivity contribution in [1.29, 1.82) is 0 Å². The van der Waals surface area contributed by atoms with Gasteiger partial charge >= 0.3 is 34.7 Å². The topological polar surface area (TPSA) is 64.6 Å². The van der Waals surface area contributed by atoms with Crippen LogP contribution in [-0.4, -0.2) is 68.0 Å². The van der Waals surface area contributed by atoms with Crippen molar-refractivity contribution >= 4 is 68.0 Å². The zero-order chi connectivity index (χ0) is 27.7. The lowest BCUT2D eigenvalue weighted by Gasteiger charge is -2.45. The minimum absolute atomic E-state index is 1.94. The molecule has 0 rings (SSSR count). The third kappa shape index (κ3) is 16.1. The van der Waals surface area contributed by atoms with Crippen LogP contribution in [-0.2, 0) is 28.8 Å². The first-order chi connectivity index (χ1) is 14.5. The van der Waals surface area contributed by atoms with Crippen LogP contribution in [0.2, 0.25) is 111 Å². The maximum absolute atomic E-state index is 6.84. The van der Waals surface area contributed by atoms with E-state index in [2.05, 4.69) is 105 Å². The van der Waals surface area contributed by atoms with Crippen molar-refractivity contribution in [2.75, 3.05) is 0 Å². The zero-order valence-corrected chi connectivity index (χ0v) is 33.1. The van der Waals surface area contributed by atoms with Crippen LogP contribution in [0.4, 0.5) is 0 Å². The van der Waals surface area contributed by atoms with Gasteiger partial charge in [-0.15, -0.1) is 6.58 Å². The number of rotatable bonds is 15. The van der Waals surface area contributed by atoms with Crippen molar-refractivity contribution in [2.45, 2.75) is 111 Å². The Bertz CT molecular complexity index is 639. The van der Waals surface area contributed by atoms with E-state index in [-0.39, 0.29) is 0 Å². The summed E-state index contributed by atoms with van der Waals surface area (Å²) in [5.74, 6) is 0. The van der Waals surface area contributed by atoms with Crippen LogP contribution in [0.15, 0.2) is 12.3 Å². The van der Waals surface area contributed by atoms with Crippen molar-refractivity contribution < 1.29 is 28.8 Å². The minimum atomic E-state index is -3.48. The molecular formula is C19H54O7Si8. The average molecular weight is 619 g/mol. The molecule has 0 amide bonds. The molecule has 0 unspecified atom stereocenters. The lowest BCUT2D eigenvalue weighted by molar-refractivity contribution is 0.133. The summed E-state index contributed by atoms with van der Waals surface area (Å²) in [7, 11) is -19.5. The molecule has 0 atom stereocenters. The fourth-order valence-corrected chi connectivity index (χ4v) is 34.6. The molecule has 7 nitrogen and oxygen atoms in total. The Morgan fingerprint density at radius 2 is 0.647 bits per heavy atom. The summed E-state index contributed by atoms with van der Waals surface area (Å²) in [4.78, 5) is 0. The van der Waals surface area contributed by atoms with Crippen LogP contribution in [0.5, 0.6) is 0 Å². The second-order valence-electron chi connectivity index (χ2n) is 13.6. The maximum Gasteiger partial charge on any atom is 0.638 e. The van der Waals surface area contributed by atoms with Gasteiger partial charge in [-0.05, 0) is 111 Å². The molecule has 0 aromatic rings. The average Bonchev–Trinajstić information content (AvgIpc) is 2.34. The van der Waals surface area contributed by atoms with Gasteiger partial charge in [-0.25, -0.2) is 0 Å². The summed E-state index contributed by atoms with van der Waals surface area (Å²) in [5.41, 5.74) is 1.94. The van der Waals surface area contributed by atoms with E-state index >= 15 is 0 Å². The van der Waals surface area contributed by atoms with E-state index in [0.29, 0.717) is 0 Å². The van der Waals surface area contributed by atoms with Crippen LogP contribution in [0.3, 0.4) is 0 Å². The molecule has 34 heavy (non-hydrogen) atoms. The molecule has 0 radical (unpaired) electrons. The highest BCUT2D eigenvalue weighted by molar-refractivity contribution is 6.93. The molecule has 204 valence electrons. The first-order valence-electron chi connectivity index (χ1n) is 12.1. The van der Waals surface area contributed by atoms with Crippen molar-refractivity contribution in [3.05, 3.63) is 12.3 Å². The molecule has 0 heterocycles. The number of hydrogen-bond donors (Lipinski definition) is 0. The maximum atomic E-state index is 6.84. The first kappa shape index (κ1) is 35.2. The summed E-state index contributed by atoms with van der Waals surface area (Å²) < 4.78 is 46.7. The molecule has 0 aliphatic heterocycles. The molecule has 0 N–H and O–H groups in total. The van der Waals surface area contributed by atoms with E-state index in [1.807, 2.05) is 18.8 Å². The second kappa shape index (κ2) is 11.5. The molecule has 0 bridgehead atoms. The van der Waals surface area contributed by atoms with Gasteiger partial charge < -0.3 is 28.8 Å². The van der Waals surface area contributed by atoms with Gasteiger partial charge in [-0.1, -0.05) is 5.70 Å². The molecule has 0 aromatic heterocycles. The van der Waals surface area contributed by atoms with Gasteiger partial charge in [0, 0.05) is 0 Å². The molecule has 0 saturated carbocycles. The lowest BCUT2D eigenvalue weighted by atomic mass is 11.3. The molecule has 0 fully saturated rings. The Hall–Kier alpha value is 1.20. The van der Waals surface area contributed by atoms with Gasteiger partial charge in [-0.2, -0.15) is 0 Å². The second-order valence-corrected chi connectivity index (χ2v) is 45.0. The predicted octanol–water partition coefficient (Wildman–Crippen LogP) is 7.08. The molecule has 0 aliphatic carbocycles. The highest BCUT2D eigenvalue weighted by Crippen LogP contribution is 2.32. The fraction of sp³-hybridized carbons (Fsp3) is 0.895. The molecule has 15 heteroatoms. The molecule has 0 aromatic carbocycles. The quantitative estimate of drug-likeness (QED) is 0.182. The van der Waals surface area contributed by atoms with Crippen LogP contribution in [0.1, 0.15) is 0 Å². The fourth-order valence-electron chi connectivity index (χ4n) is 3.47. The summed E-state index contributed by atoms with van der Waals surface area (Å²) in [6.45, 7) is 39.9. The summed E-state index contributed by atoms with van der Waals surface area (Å²) >= 11 is 0. The molecule has 0 aliphatic rings. The van der Waals surface area contributed by atoms with Crippen LogP contribution in [0, 0.1) is 0 Å².